The van der Waals surface area contributed by atoms with Crippen LogP contribution < -0.4 is 10.6 Å². The Hall–Kier alpha value is -0.820. The van der Waals surface area contributed by atoms with Crippen LogP contribution in [-0.4, -0.2) is 50.7 Å². The van der Waals surface area contributed by atoms with Gasteiger partial charge in [-0.1, -0.05) is 0 Å². The third-order valence-corrected chi connectivity index (χ3v) is 4.01. The Morgan fingerprint density at radius 1 is 1.25 bits per heavy atom. The van der Waals surface area contributed by atoms with Crippen molar-refractivity contribution in [2.24, 2.45) is 0 Å². The maximum atomic E-state index is 11.6. The van der Waals surface area contributed by atoms with Crippen molar-refractivity contribution in [3.8, 4) is 0 Å². The first-order valence-electron chi connectivity index (χ1n) is 6.96. The molecule has 0 saturated heterocycles. The van der Waals surface area contributed by atoms with Crippen LogP contribution in [0.1, 0.15) is 40.0 Å². The summed E-state index contributed by atoms with van der Waals surface area (Å²) in [7, 11) is -2.92. The van der Waals surface area contributed by atoms with Gasteiger partial charge >= 0.3 is 6.09 Å². The SMILES string of the molecule is CC(C)(C)OC(=O)NC1CCC(NCCS(C)(=O)=O)C1. The molecule has 7 heteroatoms. The third kappa shape index (κ3) is 7.69. The number of sulfone groups is 1. The minimum atomic E-state index is -2.92. The molecule has 2 N–H and O–H groups in total. The summed E-state index contributed by atoms with van der Waals surface area (Å²) in [6, 6.07) is 0.359. The molecule has 1 fully saturated rings. The summed E-state index contributed by atoms with van der Waals surface area (Å²) < 4.78 is 27.3. The van der Waals surface area contributed by atoms with Gasteiger partial charge in [0, 0.05) is 24.9 Å². The summed E-state index contributed by atoms with van der Waals surface area (Å²) in [5.74, 6) is 0.146. The lowest BCUT2D eigenvalue weighted by atomic mass is 10.2. The Morgan fingerprint density at radius 3 is 2.40 bits per heavy atom. The maximum Gasteiger partial charge on any atom is 0.407 e. The van der Waals surface area contributed by atoms with Gasteiger partial charge in [-0.3, -0.25) is 0 Å². The van der Waals surface area contributed by atoms with Gasteiger partial charge in [0.2, 0.25) is 0 Å². The van der Waals surface area contributed by atoms with Crippen molar-refractivity contribution >= 4 is 15.9 Å². The van der Waals surface area contributed by atoms with Crippen molar-refractivity contribution in [2.75, 3.05) is 18.6 Å². The largest absolute Gasteiger partial charge is 0.444 e. The van der Waals surface area contributed by atoms with E-state index >= 15 is 0 Å². The summed E-state index contributed by atoms with van der Waals surface area (Å²) in [6.07, 6.45) is 3.47. The molecule has 0 aromatic rings. The van der Waals surface area contributed by atoms with Gasteiger partial charge in [0.1, 0.15) is 15.4 Å². The van der Waals surface area contributed by atoms with Crippen LogP contribution in [0.2, 0.25) is 0 Å². The highest BCUT2D eigenvalue weighted by molar-refractivity contribution is 7.90. The van der Waals surface area contributed by atoms with Crippen molar-refractivity contribution < 1.29 is 17.9 Å². The summed E-state index contributed by atoms with van der Waals surface area (Å²) in [5.41, 5.74) is -0.490. The number of hydrogen-bond donors (Lipinski definition) is 2. The van der Waals surface area contributed by atoms with Gasteiger partial charge in [-0.2, -0.15) is 0 Å². The van der Waals surface area contributed by atoms with E-state index in [1.165, 1.54) is 6.26 Å². The molecule has 1 rings (SSSR count). The lowest BCUT2D eigenvalue weighted by molar-refractivity contribution is 0.0505. The summed E-state index contributed by atoms with van der Waals surface area (Å²) in [5, 5.41) is 6.07. The Labute approximate surface area is 121 Å². The smallest absolute Gasteiger partial charge is 0.407 e. The van der Waals surface area contributed by atoms with Crippen LogP contribution in [-0.2, 0) is 14.6 Å². The van der Waals surface area contributed by atoms with Gasteiger partial charge in [0.15, 0.2) is 0 Å². The number of rotatable bonds is 5. The van der Waals surface area contributed by atoms with Crippen LogP contribution in [0.15, 0.2) is 0 Å². The van der Waals surface area contributed by atoms with Crippen LogP contribution >= 0.6 is 0 Å². The summed E-state index contributed by atoms with van der Waals surface area (Å²) in [4.78, 5) is 11.6. The fraction of sp³-hybridized carbons (Fsp3) is 0.923. The minimum Gasteiger partial charge on any atom is -0.444 e. The molecule has 1 saturated carbocycles. The van der Waals surface area contributed by atoms with Gasteiger partial charge in [-0.15, -0.1) is 0 Å². The predicted molar refractivity (Wildman–Crippen MR) is 78.5 cm³/mol. The molecule has 0 radical (unpaired) electrons. The number of ether oxygens (including phenoxy) is 1. The van der Waals surface area contributed by atoms with Crippen LogP contribution in [0.4, 0.5) is 4.79 Å². The molecule has 1 amide bonds. The van der Waals surface area contributed by atoms with Gasteiger partial charge in [-0.25, -0.2) is 13.2 Å². The van der Waals surface area contributed by atoms with Crippen molar-refractivity contribution in [3.05, 3.63) is 0 Å². The van der Waals surface area contributed by atoms with E-state index < -0.39 is 15.4 Å². The molecule has 2 atom stereocenters. The van der Waals surface area contributed by atoms with E-state index in [2.05, 4.69) is 10.6 Å². The van der Waals surface area contributed by atoms with Crippen LogP contribution in [0.5, 0.6) is 0 Å². The quantitative estimate of drug-likeness (QED) is 0.793. The average molecular weight is 306 g/mol. The molecule has 1 aliphatic rings. The first-order chi connectivity index (χ1) is 9.05. The molecule has 0 aromatic carbocycles. The fourth-order valence-corrected chi connectivity index (χ4v) is 2.71. The van der Waals surface area contributed by atoms with E-state index in [0.29, 0.717) is 6.54 Å². The highest BCUT2D eigenvalue weighted by Gasteiger charge is 2.27. The highest BCUT2D eigenvalue weighted by atomic mass is 32.2. The molecule has 118 valence electrons. The molecule has 0 heterocycles. The minimum absolute atomic E-state index is 0.0978. The van der Waals surface area contributed by atoms with Crippen molar-refractivity contribution in [2.45, 2.75) is 57.7 Å². The van der Waals surface area contributed by atoms with Crippen LogP contribution in [0.25, 0.3) is 0 Å². The van der Waals surface area contributed by atoms with Gasteiger partial charge in [0.25, 0.3) is 0 Å². The average Bonchev–Trinajstić information content (AvgIpc) is 2.60. The Balaban J connectivity index is 2.25. The molecule has 0 aromatic heterocycles. The lowest BCUT2D eigenvalue weighted by Gasteiger charge is -2.21. The van der Waals surface area contributed by atoms with Crippen LogP contribution in [0.3, 0.4) is 0 Å². The Bertz CT molecular complexity index is 428. The zero-order chi connectivity index (χ0) is 15.4. The topological polar surface area (TPSA) is 84.5 Å². The lowest BCUT2D eigenvalue weighted by Crippen LogP contribution is -2.39. The second-order valence-electron chi connectivity index (χ2n) is 6.44. The van der Waals surface area contributed by atoms with E-state index in [1.54, 1.807) is 0 Å². The predicted octanol–water partition coefficient (Wildman–Crippen LogP) is 1.07. The number of hydrogen-bond acceptors (Lipinski definition) is 5. The van der Waals surface area contributed by atoms with E-state index in [0.717, 1.165) is 19.3 Å². The molecule has 0 aliphatic heterocycles. The van der Waals surface area contributed by atoms with Crippen molar-refractivity contribution in [1.29, 1.82) is 0 Å². The number of nitrogens with one attached hydrogen (secondary N) is 2. The number of amides is 1. The zero-order valence-electron chi connectivity index (χ0n) is 12.7. The molecule has 1 aliphatic carbocycles. The standard InChI is InChI=1S/C13H26N2O4S/c1-13(2,3)19-12(16)15-11-6-5-10(9-11)14-7-8-20(4,17)18/h10-11,14H,5-9H2,1-4H3,(H,15,16). The number of carbonyl (C=O) groups excluding carboxylic acids is 1. The van der Waals surface area contributed by atoms with E-state index in [4.69, 9.17) is 4.74 Å². The summed E-state index contributed by atoms with van der Waals surface area (Å²) >= 11 is 0. The van der Waals surface area contributed by atoms with Gasteiger partial charge < -0.3 is 15.4 Å². The van der Waals surface area contributed by atoms with E-state index in [9.17, 15) is 13.2 Å². The first kappa shape index (κ1) is 17.2. The normalized spacial score (nSPS) is 23.6. The van der Waals surface area contributed by atoms with Gasteiger partial charge in [0.05, 0.1) is 5.75 Å². The number of alkyl carbamates (subject to hydrolysis) is 1. The molecule has 20 heavy (non-hydrogen) atoms. The van der Waals surface area contributed by atoms with E-state index in [-0.39, 0.29) is 23.9 Å². The van der Waals surface area contributed by atoms with E-state index in [1.807, 2.05) is 20.8 Å². The van der Waals surface area contributed by atoms with Crippen molar-refractivity contribution in [1.82, 2.24) is 10.6 Å². The molecule has 6 nitrogen and oxygen atoms in total. The summed E-state index contributed by atoms with van der Waals surface area (Å²) in [6.45, 7) is 5.95. The van der Waals surface area contributed by atoms with Crippen molar-refractivity contribution in [3.63, 3.8) is 0 Å². The first-order valence-corrected chi connectivity index (χ1v) is 9.02. The maximum absolute atomic E-state index is 11.6. The Kier molecular flexibility index (Phi) is 5.82. The van der Waals surface area contributed by atoms with Gasteiger partial charge in [-0.05, 0) is 40.0 Å². The zero-order valence-corrected chi connectivity index (χ0v) is 13.5. The number of carbonyl (C=O) groups is 1. The Morgan fingerprint density at radius 2 is 1.85 bits per heavy atom. The fourth-order valence-electron chi connectivity index (χ4n) is 2.22. The molecule has 2 unspecified atom stereocenters. The molecular formula is C13H26N2O4S. The molecule has 0 spiro atoms. The molecule has 0 bridgehead atoms. The highest BCUT2D eigenvalue weighted by Crippen LogP contribution is 2.19. The third-order valence-electron chi connectivity index (χ3n) is 3.06. The molecular weight excluding hydrogens is 280 g/mol. The second-order valence-corrected chi connectivity index (χ2v) is 8.70. The monoisotopic (exact) mass is 306 g/mol. The second kappa shape index (κ2) is 6.76. The van der Waals surface area contributed by atoms with Crippen LogP contribution in [0, 0.1) is 0 Å².